The second-order valence-electron chi connectivity index (χ2n) is 4.15. The van der Waals surface area contributed by atoms with Gasteiger partial charge in [0.15, 0.2) is 0 Å². The van der Waals surface area contributed by atoms with Crippen molar-refractivity contribution in [2.45, 2.75) is 19.8 Å². The Bertz CT molecular complexity index is 549. The molecule has 1 aromatic carbocycles. The summed E-state index contributed by atoms with van der Waals surface area (Å²) in [7, 11) is 0. The smallest absolute Gasteiger partial charge is 0.149 e. The predicted octanol–water partition coefficient (Wildman–Crippen LogP) is 3.57. The van der Waals surface area contributed by atoms with E-state index in [1.54, 1.807) is 12.1 Å². The minimum atomic E-state index is -0.452. The summed E-state index contributed by atoms with van der Waals surface area (Å²) in [5.41, 5.74) is 7.91. The van der Waals surface area contributed by atoms with Crippen LogP contribution in [0.25, 0.3) is 11.3 Å². The Kier molecular flexibility index (Phi) is 3.07. The van der Waals surface area contributed by atoms with Gasteiger partial charge in [0.2, 0.25) is 0 Å². The lowest BCUT2D eigenvalue weighted by Crippen LogP contribution is -1.96. The molecule has 2 rings (SSSR count). The van der Waals surface area contributed by atoms with E-state index in [9.17, 15) is 4.39 Å². The zero-order valence-corrected chi connectivity index (χ0v) is 10.3. The first-order valence-electron chi connectivity index (χ1n) is 5.30. The Hall–Kier alpha value is -1.55. The number of nitrogens with one attached hydrogen (secondary N) is 1. The van der Waals surface area contributed by atoms with Crippen molar-refractivity contribution >= 4 is 17.4 Å². The average Bonchev–Trinajstić information content (AvgIpc) is 2.64. The van der Waals surface area contributed by atoms with Gasteiger partial charge in [0.1, 0.15) is 11.6 Å². The number of H-pyrrole nitrogens is 1. The molecule has 0 saturated heterocycles. The van der Waals surface area contributed by atoms with Crippen molar-refractivity contribution in [1.29, 1.82) is 0 Å². The normalized spacial score (nSPS) is 11.1. The number of hydrogen-bond acceptors (Lipinski definition) is 2. The number of benzene rings is 1. The summed E-state index contributed by atoms with van der Waals surface area (Å²) < 4.78 is 13.4. The largest absolute Gasteiger partial charge is 0.382 e. The van der Waals surface area contributed by atoms with E-state index in [2.05, 4.69) is 10.2 Å². The quantitative estimate of drug-likeness (QED) is 0.860. The third-order valence-electron chi connectivity index (χ3n) is 2.63. The number of nitrogens with two attached hydrogens (primary N) is 1. The molecule has 0 spiro atoms. The molecule has 1 heterocycles. The van der Waals surface area contributed by atoms with Crippen LogP contribution in [0.1, 0.15) is 25.3 Å². The van der Waals surface area contributed by atoms with E-state index in [4.69, 9.17) is 17.3 Å². The summed E-state index contributed by atoms with van der Waals surface area (Å²) in [6, 6.07) is 4.67. The monoisotopic (exact) mass is 253 g/mol. The zero-order valence-electron chi connectivity index (χ0n) is 9.59. The Labute approximate surface area is 104 Å². The minimum absolute atomic E-state index is 0.0815. The molecule has 0 radical (unpaired) electrons. The van der Waals surface area contributed by atoms with Gasteiger partial charge in [0.25, 0.3) is 0 Å². The van der Waals surface area contributed by atoms with Gasteiger partial charge < -0.3 is 5.73 Å². The summed E-state index contributed by atoms with van der Waals surface area (Å²) in [4.78, 5) is 0. The van der Waals surface area contributed by atoms with E-state index in [1.165, 1.54) is 6.07 Å². The van der Waals surface area contributed by atoms with Gasteiger partial charge in [-0.1, -0.05) is 37.6 Å². The summed E-state index contributed by atoms with van der Waals surface area (Å²) in [6.45, 7) is 4.00. The number of aromatic nitrogens is 2. The SMILES string of the molecule is CC(C)c1c(N)n[nH]c1-c1cccc(F)c1Cl. The van der Waals surface area contributed by atoms with Crippen LogP contribution in [0.15, 0.2) is 18.2 Å². The number of nitrogen functional groups attached to an aromatic ring is 1. The average molecular weight is 254 g/mol. The number of aromatic amines is 1. The first kappa shape index (κ1) is 11.9. The van der Waals surface area contributed by atoms with Crippen molar-refractivity contribution in [1.82, 2.24) is 10.2 Å². The molecule has 0 fully saturated rings. The van der Waals surface area contributed by atoms with Gasteiger partial charge in [0.05, 0.1) is 10.7 Å². The van der Waals surface area contributed by atoms with Crippen molar-refractivity contribution in [2.24, 2.45) is 0 Å². The molecule has 3 nitrogen and oxygen atoms in total. The van der Waals surface area contributed by atoms with E-state index in [1.807, 2.05) is 13.8 Å². The summed E-state index contributed by atoms with van der Waals surface area (Å²) >= 11 is 5.95. The molecule has 0 aliphatic carbocycles. The maximum Gasteiger partial charge on any atom is 0.149 e. The van der Waals surface area contributed by atoms with Gasteiger partial charge in [-0.15, -0.1) is 0 Å². The number of hydrogen-bond donors (Lipinski definition) is 2. The molecule has 17 heavy (non-hydrogen) atoms. The van der Waals surface area contributed by atoms with E-state index in [-0.39, 0.29) is 10.9 Å². The first-order valence-corrected chi connectivity index (χ1v) is 5.68. The Morgan fingerprint density at radius 3 is 2.76 bits per heavy atom. The highest BCUT2D eigenvalue weighted by atomic mass is 35.5. The molecule has 0 unspecified atom stereocenters. The molecule has 0 atom stereocenters. The van der Waals surface area contributed by atoms with Crippen LogP contribution in [0, 0.1) is 5.82 Å². The summed E-state index contributed by atoms with van der Waals surface area (Å²) in [5, 5.41) is 6.85. The number of nitrogens with zero attached hydrogens (tertiary/aromatic N) is 1. The fraction of sp³-hybridized carbons (Fsp3) is 0.250. The third-order valence-corrected chi connectivity index (χ3v) is 3.02. The van der Waals surface area contributed by atoms with Crippen LogP contribution in [-0.2, 0) is 0 Å². The molecule has 90 valence electrons. The van der Waals surface area contributed by atoms with Crippen molar-refractivity contribution in [2.75, 3.05) is 5.73 Å². The fourth-order valence-corrected chi connectivity index (χ4v) is 2.07. The molecular weight excluding hydrogens is 241 g/mol. The highest BCUT2D eigenvalue weighted by Crippen LogP contribution is 2.35. The standard InChI is InChI=1S/C12H13ClFN3/c1-6(2)9-11(16-17-12(9)15)7-4-3-5-8(14)10(7)13/h3-6H,1-2H3,(H3,15,16,17). The first-order chi connectivity index (χ1) is 8.02. The maximum absolute atomic E-state index is 13.4. The van der Waals surface area contributed by atoms with Gasteiger partial charge in [-0.3, -0.25) is 5.10 Å². The van der Waals surface area contributed by atoms with E-state index in [0.717, 1.165) is 5.56 Å². The van der Waals surface area contributed by atoms with Crippen LogP contribution >= 0.6 is 11.6 Å². The number of rotatable bonds is 2. The zero-order chi connectivity index (χ0) is 12.6. The molecule has 0 aliphatic rings. The topological polar surface area (TPSA) is 54.7 Å². The van der Waals surface area contributed by atoms with E-state index in [0.29, 0.717) is 17.1 Å². The molecule has 1 aromatic heterocycles. The van der Waals surface area contributed by atoms with Crippen LogP contribution in [0.5, 0.6) is 0 Å². The second-order valence-corrected chi connectivity index (χ2v) is 4.53. The van der Waals surface area contributed by atoms with Crippen molar-refractivity contribution in [3.05, 3.63) is 34.6 Å². The van der Waals surface area contributed by atoms with Crippen molar-refractivity contribution < 1.29 is 4.39 Å². The van der Waals surface area contributed by atoms with Gasteiger partial charge in [-0.25, -0.2) is 4.39 Å². The Morgan fingerprint density at radius 2 is 2.12 bits per heavy atom. The van der Waals surface area contributed by atoms with Crippen LogP contribution in [-0.4, -0.2) is 10.2 Å². The van der Waals surface area contributed by atoms with Crippen LogP contribution < -0.4 is 5.73 Å². The van der Waals surface area contributed by atoms with E-state index < -0.39 is 5.82 Å². The molecule has 2 aromatic rings. The Morgan fingerprint density at radius 1 is 1.41 bits per heavy atom. The number of halogens is 2. The second kappa shape index (κ2) is 4.37. The predicted molar refractivity (Wildman–Crippen MR) is 67.5 cm³/mol. The van der Waals surface area contributed by atoms with Gasteiger partial charge in [0, 0.05) is 11.1 Å². The van der Waals surface area contributed by atoms with Crippen molar-refractivity contribution in [3.63, 3.8) is 0 Å². The number of anilines is 1. The molecule has 0 aliphatic heterocycles. The van der Waals surface area contributed by atoms with Gasteiger partial charge in [-0.2, -0.15) is 5.10 Å². The lowest BCUT2D eigenvalue weighted by atomic mass is 9.98. The van der Waals surface area contributed by atoms with Crippen LogP contribution in [0.2, 0.25) is 5.02 Å². The van der Waals surface area contributed by atoms with Gasteiger partial charge >= 0.3 is 0 Å². The summed E-state index contributed by atoms with van der Waals surface area (Å²) in [5.74, 6) is 0.158. The highest BCUT2D eigenvalue weighted by Gasteiger charge is 2.18. The molecule has 0 amide bonds. The fourth-order valence-electron chi connectivity index (χ4n) is 1.85. The molecule has 5 heteroatoms. The maximum atomic E-state index is 13.4. The van der Waals surface area contributed by atoms with Gasteiger partial charge in [-0.05, 0) is 12.0 Å². The molecule has 0 bridgehead atoms. The lowest BCUT2D eigenvalue weighted by Gasteiger charge is -2.09. The minimum Gasteiger partial charge on any atom is -0.382 e. The van der Waals surface area contributed by atoms with E-state index >= 15 is 0 Å². The Balaban J connectivity index is 2.65. The van der Waals surface area contributed by atoms with Crippen LogP contribution in [0.4, 0.5) is 10.2 Å². The molecule has 0 saturated carbocycles. The molecular formula is C12H13ClFN3. The highest BCUT2D eigenvalue weighted by molar-refractivity contribution is 6.33. The summed E-state index contributed by atoms with van der Waals surface area (Å²) in [6.07, 6.45) is 0. The lowest BCUT2D eigenvalue weighted by molar-refractivity contribution is 0.628. The molecule has 3 N–H and O–H groups in total. The van der Waals surface area contributed by atoms with Crippen LogP contribution in [0.3, 0.4) is 0 Å². The third kappa shape index (κ3) is 2.00. The van der Waals surface area contributed by atoms with Crippen molar-refractivity contribution in [3.8, 4) is 11.3 Å².